The standard InChI is InChI=1S/C31H34ClN7O3/c1-31(2,3)42-30(40)38-15-13-37(14-16-38)21-9-10-25(26(18-21)41-4)35-29-34-19-20-17-23(22-7-5-6-8-24(22)32)28-33-11-12-39(28)27(20)36-29/h5-10,17-19,33H,11-16H2,1-4H3. The second kappa shape index (κ2) is 11.2. The Morgan fingerprint density at radius 2 is 1.81 bits per heavy atom. The van der Waals surface area contributed by atoms with Gasteiger partial charge in [0.1, 0.15) is 28.7 Å². The smallest absolute Gasteiger partial charge is 0.410 e. The Labute approximate surface area is 249 Å². The molecule has 4 aliphatic rings. The van der Waals surface area contributed by atoms with E-state index in [4.69, 9.17) is 31.1 Å². The summed E-state index contributed by atoms with van der Waals surface area (Å²) in [5.74, 6) is 2.41. The van der Waals surface area contributed by atoms with Gasteiger partial charge < -0.3 is 29.2 Å². The van der Waals surface area contributed by atoms with Gasteiger partial charge >= 0.3 is 6.09 Å². The van der Waals surface area contributed by atoms with Crippen LogP contribution in [0.3, 0.4) is 0 Å². The van der Waals surface area contributed by atoms with Crippen LogP contribution in [0.15, 0.2) is 59.7 Å². The van der Waals surface area contributed by atoms with Gasteiger partial charge in [-0.25, -0.2) is 14.8 Å². The van der Waals surface area contributed by atoms with Crippen LogP contribution in [0.5, 0.6) is 5.75 Å². The Morgan fingerprint density at radius 3 is 2.55 bits per heavy atom. The molecule has 2 aromatic rings. The van der Waals surface area contributed by atoms with Crippen molar-refractivity contribution < 1.29 is 14.3 Å². The Bertz CT molecular complexity index is 1670. The van der Waals surface area contributed by atoms with Crippen molar-refractivity contribution >= 4 is 34.9 Å². The number of hydrogen-bond donors (Lipinski definition) is 1. The molecule has 42 heavy (non-hydrogen) atoms. The van der Waals surface area contributed by atoms with Crippen LogP contribution < -0.4 is 20.6 Å². The SMILES string of the molecule is COc1cc(N2CCN(C(=O)OC(C)(C)C)CC2)ccc1N=c1ncc2cc(-c3ccccc3Cl)c3n(c-2n1)CCN3. The molecule has 0 aromatic heterocycles. The van der Waals surface area contributed by atoms with E-state index in [9.17, 15) is 4.79 Å². The number of benzene rings is 2. The molecule has 0 radical (unpaired) electrons. The van der Waals surface area contributed by atoms with E-state index in [-0.39, 0.29) is 6.09 Å². The molecule has 0 unspecified atom stereocenters. The van der Waals surface area contributed by atoms with E-state index in [0.29, 0.717) is 48.3 Å². The van der Waals surface area contributed by atoms with E-state index >= 15 is 0 Å². The third-order valence-corrected chi connectivity index (χ3v) is 7.67. The molecular weight excluding hydrogens is 554 g/mol. The molecule has 1 fully saturated rings. The molecule has 10 nitrogen and oxygen atoms in total. The van der Waals surface area contributed by atoms with Crippen molar-refractivity contribution in [3.63, 3.8) is 0 Å². The fraction of sp³-hybridized carbons (Fsp3) is 0.355. The molecule has 4 heterocycles. The number of carbonyl (C=O) groups excluding carboxylic acids is 1. The topological polar surface area (TPSA) is 97.1 Å². The second-order valence-electron chi connectivity index (χ2n) is 11.3. The summed E-state index contributed by atoms with van der Waals surface area (Å²) in [6.07, 6.45) is 1.53. The van der Waals surface area contributed by atoms with Gasteiger partial charge in [0.2, 0.25) is 0 Å². The van der Waals surface area contributed by atoms with Crippen molar-refractivity contribution in [2.24, 2.45) is 4.99 Å². The molecule has 1 saturated heterocycles. The maximum Gasteiger partial charge on any atom is 0.410 e. The summed E-state index contributed by atoms with van der Waals surface area (Å²) in [5, 5.41) is 4.19. The average molecular weight is 588 g/mol. The van der Waals surface area contributed by atoms with E-state index in [1.54, 1.807) is 18.2 Å². The second-order valence-corrected chi connectivity index (χ2v) is 11.7. The number of methoxy groups -OCH3 is 1. The number of halogens is 1. The highest BCUT2D eigenvalue weighted by molar-refractivity contribution is 6.33. The van der Waals surface area contributed by atoms with Gasteiger partial charge in [-0.15, -0.1) is 0 Å². The molecule has 4 aliphatic heterocycles. The average Bonchev–Trinajstić information content (AvgIpc) is 3.47. The molecule has 0 saturated carbocycles. The lowest BCUT2D eigenvalue weighted by molar-refractivity contribution is 0.0240. The Kier molecular flexibility index (Phi) is 7.40. The van der Waals surface area contributed by atoms with Crippen LogP contribution in [-0.4, -0.2) is 71.0 Å². The number of ether oxygens (including phenoxy) is 2. The van der Waals surface area contributed by atoms with Crippen molar-refractivity contribution in [2.45, 2.75) is 32.9 Å². The van der Waals surface area contributed by atoms with Crippen molar-refractivity contribution in [2.75, 3.05) is 50.1 Å². The third-order valence-electron chi connectivity index (χ3n) is 7.34. The summed E-state index contributed by atoms with van der Waals surface area (Å²) in [6, 6.07) is 15.8. The third kappa shape index (κ3) is 5.59. The van der Waals surface area contributed by atoms with Crippen molar-refractivity contribution in [3.05, 3.63) is 65.4 Å². The fourth-order valence-corrected chi connectivity index (χ4v) is 5.57. The van der Waals surface area contributed by atoms with E-state index in [0.717, 1.165) is 47.1 Å². The molecule has 0 spiro atoms. The number of carbonyl (C=O) groups is 1. The van der Waals surface area contributed by atoms with E-state index < -0.39 is 5.60 Å². The van der Waals surface area contributed by atoms with Crippen molar-refractivity contribution in [3.8, 4) is 28.3 Å². The van der Waals surface area contributed by atoms with E-state index in [1.165, 1.54) is 0 Å². The minimum absolute atomic E-state index is 0.274. The zero-order valence-electron chi connectivity index (χ0n) is 24.2. The summed E-state index contributed by atoms with van der Waals surface area (Å²) in [6.45, 7) is 9.77. The largest absolute Gasteiger partial charge is 0.494 e. The van der Waals surface area contributed by atoms with Crippen molar-refractivity contribution in [1.29, 1.82) is 0 Å². The quantitative estimate of drug-likeness (QED) is 0.340. The molecule has 0 bridgehead atoms. The lowest BCUT2D eigenvalue weighted by Crippen LogP contribution is -2.50. The molecule has 218 valence electrons. The monoisotopic (exact) mass is 587 g/mol. The first-order valence-corrected chi connectivity index (χ1v) is 14.4. The maximum absolute atomic E-state index is 12.4. The molecule has 11 heteroatoms. The number of nitrogens with one attached hydrogen (secondary N) is 1. The first-order chi connectivity index (χ1) is 20.2. The van der Waals surface area contributed by atoms with Gasteiger partial charge in [0.15, 0.2) is 0 Å². The number of rotatable bonds is 4. The summed E-state index contributed by atoms with van der Waals surface area (Å²) >= 11 is 6.54. The summed E-state index contributed by atoms with van der Waals surface area (Å²) in [7, 11) is 1.63. The van der Waals surface area contributed by atoms with Crippen LogP contribution in [0.25, 0.3) is 22.5 Å². The first-order valence-electron chi connectivity index (χ1n) is 14.1. The van der Waals surface area contributed by atoms with Crippen LogP contribution in [0.4, 0.5) is 22.0 Å². The molecule has 6 rings (SSSR count). The molecule has 1 amide bonds. The zero-order valence-corrected chi connectivity index (χ0v) is 25.0. The first kappa shape index (κ1) is 27.8. The van der Waals surface area contributed by atoms with Gasteiger partial charge in [-0.2, -0.15) is 4.98 Å². The highest BCUT2D eigenvalue weighted by atomic mass is 35.5. The summed E-state index contributed by atoms with van der Waals surface area (Å²) in [5.41, 5.74) is 4.37. The summed E-state index contributed by atoms with van der Waals surface area (Å²) < 4.78 is 13.4. The number of fused-ring (bicyclic) bond motifs is 3. The predicted molar refractivity (Wildman–Crippen MR) is 164 cm³/mol. The number of amides is 1. The van der Waals surface area contributed by atoms with E-state index in [1.807, 2.05) is 63.2 Å². The molecule has 2 aromatic carbocycles. The lowest BCUT2D eigenvalue weighted by Gasteiger charge is -2.36. The van der Waals surface area contributed by atoms with Crippen LogP contribution in [0.1, 0.15) is 20.8 Å². The Hall–Kier alpha value is -4.31. The van der Waals surface area contributed by atoms with Crippen LogP contribution in [-0.2, 0) is 11.3 Å². The predicted octanol–water partition coefficient (Wildman–Crippen LogP) is 5.43. The molecular formula is C31H34ClN7O3. The van der Waals surface area contributed by atoms with Gasteiger partial charge in [-0.3, -0.25) is 0 Å². The normalized spacial score (nSPS) is 15.5. The van der Waals surface area contributed by atoms with Gasteiger partial charge in [0.05, 0.1) is 7.11 Å². The molecule has 0 aliphatic carbocycles. The molecule has 0 atom stereocenters. The Balaban J connectivity index is 1.26. The fourth-order valence-electron chi connectivity index (χ4n) is 5.34. The number of aromatic nitrogens is 3. The number of anilines is 2. The van der Waals surface area contributed by atoms with Gasteiger partial charge in [0, 0.05) is 78.9 Å². The Morgan fingerprint density at radius 1 is 1.02 bits per heavy atom. The number of hydrogen-bond acceptors (Lipinski definition) is 8. The molecule has 1 N–H and O–H groups in total. The number of piperazine rings is 1. The van der Waals surface area contributed by atoms with Crippen LogP contribution >= 0.6 is 11.6 Å². The highest BCUT2D eigenvalue weighted by Gasteiger charge is 2.27. The number of nitrogens with zero attached hydrogens (tertiary/aromatic N) is 6. The van der Waals surface area contributed by atoms with Gasteiger partial charge in [-0.1, -0.05) is 29.8 Å². The minimum atomic E-state index is -0.509. The van der Waals surface area contributed by atoms with E-state index in [2.05, 4.69) is 25.8 Å². The van der Waals surface area contributed by atoms with Crippen molar-refractivity contribution in [1.82, 2.24) is 19.4 Å². The van der Waals surface area contributed by atoms with Gasteiger partial charge in [-0.05, 0) is 45.0 Å². The van der Waals surface area contributed by atoms with Crippen LogP contribution in [0, 0.1) is 0 Å². The summed E-state index contributed by atoms with van der Waals surface area (Å²) in [4.78, 5) is 30.6. The number of pyridine rings is 1. The lowest BCUT2D eigenvalue weighted by atomic mass is 10.0. The highest BCUT2D eigenvalue weighted by Crippen LogP contribution is 2.39. The maximum atomic E-state index is 12.4. The zero-order chi connectivity index (χ0) is 29.4. The van der Waals surface area contributed by atoms with Crippen LogP contribution in [0.2, 0.25) is 5.02 Å². The van der Waals surface area contributed by atoms with Gasteiger partial charge in [0.25, 0.3) is 5.62 Å². The minimum Gasteiger partial charge on any atom is -0.494 e.